The second-order valence-corrected chi connectivity index (χ2v) is 4.74. The molecule has 0 aromatic rings. The summed E-state index contributed by atoms with van der Waals surface area (Å²) >= 11 is 0. The lowest BCUT2D eigenvalue weighted by Crippen LogP contribution is -2.41. The van der Waals surface area contributed by atoms with E-state index in [9.17, 15) is 13.2 Å². The molecule has 1 amide bonds. The summed E-state index contributed by atoms with van der Waals surface area (Å²) in [5, 5.41) is 2.41. The van der Waals surface area contributed by atoms with Crippen LogP contribution >= 0.6 is 0 Å². The minimum Gasteiger partial charge on any atom is -0.354 e. The van der Waals surface area contributed by atoms with Gasteiger partial charge in [-0.1, -0.05) is 0 Å². The first kappa shape index (κ1) is 8.48. The van der Waals surface area contributed by atoms with Gasteiger partial charge in [0.25, 0.3) is 0 Å². The van der Waals surface area contributed by atoms with Crippen molar-refractivity contribution in [3.63, 3.8) is 0 Å². The Bertz CT molecular complexity index is 259. The van der Waals surface area contributed by atoms with E-state index in [1.54, 1.807) is 0 Å². The van der Waals surface area contributed by atoms with Crippen molar-refractivity contribution in [2.75, 3.05) is 18.1 Å². The van der Waals surface area contributed by atoms with Crippen LogP contribution in [0.15, 0.2) is 0 Å². The fourth-order valence-electron chi connectivity index (χ4n) is 0.893. The van der Waals surface area contributed by atoms with E-state index in [0.29, 0.717) is 0 Å². The molecule has 5 nitrogen and oxygen atoms in total. The van der Waals surface area contributed by atoms with Crippen LogP contribution in [0.3, 0.4) is 0 Å². The van der Waals surface area contributed by atoms with Crippen LogP contribution in [-0.2, 0) is 14.6 Å². The maximum atomic E-state index is 11.0. The summed E-state index contributed by atoms with van der Waals surface area (Å²) < 4.78 is 21.9. The van der Waals surface area contributed by atoms with Gasteiger partial charge in [0.2, 0.25) is 5.91 Å². The highest BCUT2D eigenvalue weighted by atomic mass is 32.2. The smallest absolute Gasteiger partial charge is 0.237 e. The van der Waals surface area contributed by atoms with Crippen molar-refractivity contribution < 1.29 is 13.2 Å². The van der Waals surface area contributed by atoms with Gasteiger partial charge in [-0.2, -0.15) is 0 Å². The number of rotatable bonds is 0. The average Bonchev–Trinajstić information content (AvgIpc) is 1.93. The number of hydrogen-bond acceptors (Lipinski definition) is 4. The molecule has 0 aliphatic carbocycles. The maximum Gasteiger partial charge on any atom is 0.237 e. The van der Waals surface area contributed by atoms with E-state index in [4.69, 9.17) is 5.73 Å². The number of amides is 1. The molecule has 11 heavy (non-hydrogen) atoms. The van der Waals surface area contributed by atoms with Gasteiger partial charge < -0.3 is 11.1 Å². The van der Waals surface area contributed by atoms with Crippen LogP contribution in [0, 0.1) is 0 Å². The van der Waals surface area contributed by atoms with Crippen molar-refractivity contribution in [2.45, 2.75) is 6.04 Å². The van der Waals surface area contributed by atoms with Crippen LogP contribution in [0.2, 0.25) is 0 Å². The Hall–Kier alpha value is -0.620. The van der Waals surface area contributed by atoms with Crippen LogP contribution in [0.5, 0.6) is 0 Å². The monoisotopic (exact) mass is 178 g/mol. The van der Waals surface area contributed by atoms with Crippen molar-refractivity contribution >= 4 is 15.7 Å². The zero-order chi connectivity index (χ0) is 8.48. The summed E-state index contributed by atoms with van der Waals surface area (Å²) in [5.74, 6) is -0.628. The van der Waals surface area contributed by atoms with E-state index in [1.165, 1.54) is 0 Å². The van der Waals surface area contributed by atoms with Crippen molar-refractivity contribution in [1.29, 1.82) is 0 Å². The first-order valence-corrected chi connectivity index (χ1v) is 5.07. The molecule has 1 heterocycles. The predicted octanol–water partition coefficient (Wildman–Crippen LogP) is -2.14. The number of nitrogens with two attached hydrogens (primary N) is 1. The second kappa shape index (κ2) is 2.78. The predicted molar refractivity (Wildman–Crippen MR) is 39.6 cm³/mol. The van der Waals surface area contributed by atoms with Gasteiger partial charge in [-0.3, -0.25) is 4.79 Å². The number of carbonyl (C=O) groups excluding carboxylic acids is 1. The van der Waals surface area contributed by atoms with E-state index in [-0.39, 0.29) is 24.0 Å². The molecule has 0 bridgehead atoms. The molecule has 0 aromatic carbocycles. The second-order valence-electron chi connectivity index (χ2n) is 2.51. The third-order valence-corrected chi connectivity index (χ3v) is 3.18. The zero-order valence-electron chi connectivity index (χ0n) is 5.91. The van der Waals surface area contributed by atoms with Gasteiger partial charge in [-0.25, -0.2) is 8.42 Å². The molecule has 64 valence electrons. The molecule has 1 fully saturated rings. The Kier molecular flexibility index (Phi) is 2.15. The highest BCUT2D eigenvalue weighted by Crippen LogP contribution is 1.96. The first-order chi connectivity index (χ1) is 5.01. The van der Waals surface area contributed by atoms with Crippen LogP contribution in [0.25, 0.3) is 0 Å². The van der Waals surface area contributed by atoms with Crippen molar-refractivity contribution in [1.82, 2.24) is 5.32 Å². The summed E-state index contributed by atoms with van der Waals surface area (Å²) in [4.78, 5) is 10.8. The van der Waals surface area contributed by atoms with E-state index in [2.05, 4.69) is 5.32 Å². The van der Waals surface area contributed by atoms with Crippen molar-refractivity contribution in [3.8, 4) is 0 Å². The molecule has 0 radical (unpaired) electrons. The lowest BCUT2D eigenvalue weighted by Gasteiger charge is -2.03. The number of nitrogens with one attached hydrogen (secondary N) is 1. The number of carbonyl (C=O) groups is 1. The topological polar surface area (TPSA) is 89.3 Å². The van der Waals surface area contributed by atoms with Gasteiger partial charge in [0.1, 0.15) is 0 Å². The molecular formula is C5H10N2O3S. The molecule has 1 aliphatic rings. The van der Waals surface area contributed by atoms with Crippen LogP contribution in [0.4, 0.5) is 0 Å². The summed E-state index contributed by atoms with van der Waals surface area (Å²) in [6, 6.07) is -0.900. The summed E-state index contributed by atoms with van der Waals surface area (Å²) in [5.41, 5.74) is 5.26. The van der Waals surface area contributed by atoms with Crippen molar-refractivity contribution in [3.05, 3.63) is 0 Å². The molecule has 1 aliphatic heterocycles. The molecule has 0 saturated carbocycles. The molecule has 1 unspecified atom stereocenters. The molecule has 1 atom stereocenters. The minimum absolute atomic E-state index is 0.00750. The Morgan fingerprint density at radius 2 is 2.18 bits per heavy atom. The first-order valence-electron chi connectivity index (χ1n) is 3.25. The molecule has 0 aromatic heterocycles. The quantitative estimate of drug-likeness (QED) is 0.443. The maximum absolute atomic E-state index is 11.0. The van der Waals surface area contributed by atoms with Gasteiger partial charge in [-0.05, 0) is 0 Å². The standard InChI is InChI=1S/C5H10N2O3S/c6-4-3-11(9,10)2-1-7-5(4)8/h4H,1-3,6H2,(H,7,8). The molecule has 0 spiro atoms. The third kappa shape index (κ3) is 2.16. The number of sulfone groups is 1. The molecule has 1 saturated heterocycles. The SMILES string of the molecule is NC1CS(=O)(=O)CCNC1=O. The lowest BCUT2D eigenvalue weighted by atomic mass is 10.3. The van der Waals surface area contributed by atoms with Gasteiger partial charge in [-0.15, -0.1) is 0 Å². The summed E-state index contributed by atoms with van der Waals surface area (Å²) in [6.07, 6.45) is 0. The van der Waals surface area contributed by atoms with E-state index >= 15 is 0 Å². The fourth-order valence-corrected chi connectivity index (χ4v) is 2.17. The van der Waals surface area contributed by atoms with Gasteiger partial charge in [0, 0.05) is 6.54 Å². The van der Waals surface area contributed by atoms with Gasteiger partial charge >= 0.3 is 0 Å². The average molecular weight is 178 g/mol. The fraction of sp³-hybridized carbons (Fsp3) is 0.800. The molecule has 6 heteroatoms. The zero-order valence-corrected chi connectivity index (χ0v) is 6.73. The van der Waals surface area contributed by atoms with E-state index in [1.807, 2.05) is 0 Å². The highest BCUT2D eigenvalue weighted by Gasteiger charge is 2.25. The lowest BCUT2D eigenvalue weighted by molar-refractivity contribution is -0.121. The van der Waals surface area contributed by atoms with E-state index < -0.39 is 15.9 Å². The summed E-state index contributed by atoms with van der Waals surface area (Å²) in [6.45, 7) is 0.175. The Balaban J connectivity index is 2.79. The largest absolute Gasteiger partial charge is 0.354 e. The summed E-state index contributed by atoms with van der Waals surface area (Å²) in [7, 11) is -3.11. The van der Waals surface area contributed by atoms with Crippen LogP contribution < -0.4 is 11.1 Å². The Morgan fingerprint density at radius 1 is 1.55 bits per heavy atom. The molecule has 3 N–H and O–H groups in total. The Labute approximate surface area is 64.9 Å². The van der Waals surface area contributed by atoms with E-state index in [0.717, 1.165) is 0 Å². The van der Waals surface area contributed by atoms with Crippen LogP contribution in [-0.4, -0.2) is 38.4 Å². The third-order valence-electron chi connectivity index (χ3n) is 1.48. The normalized spacial score (nSPS) is 30.6. The van der Waals surface area contributed by atoms with Gasteiger partial charge in [0.15, 0.2) is 9.84 Å². The van der Waals surface area contributed by atoms with Crippen molar-refractivity contribution in [2.24, 2.45) is 5.73 Å². The molecule has 1 rings (SSSR count). The molecular weight excluding hydrogens is 168 g/mol. The highest BCUT2D eigenvalue weighted by molar-refractivity contribution is 7.91. The minimum atomic E-state index is -3.11. The number of hydrogen-bond donors (Lipinski definition) is 2. The van der Waals surface area contributed by atoms with Crippen LogP contribution in [0.1, 0.15) is 0 Å². The Morgan fingerprint density at radius 3 is 2.82 bits per heavy atom. The van der Waals surface area contributed by atoms with Gasteiger partial charge in [0.05, 0.1) is 17.5 Å².